The van der Waals surface area contributed by atoms with Crippen LogP contribution in [0.3, 0.4) is 0 Å². The summed E-state index contributed by atoms with van der Waals surface area (Å²) in [7, 11) is 0. The van der Waals surface area contributed by atoms with Crippen LogP contribution < -0.4 is 32.1 Å². The average molecular weight is 744 g/mol. The maximum Gasteiger partial charge on any atom is 0.405 e. The Hall–Kier alpha value is -6.69. The standard InChI is InChI=1S/C36H34FN7O10/c1-2-36(53)22-11-27-31-20(16-44(27)33(49)21(22)17-54-34(36)50)9-19-10-25(23(37)12-24(19)43-31)41-30(47)15-39-32(48)26(8-18-6-4-3-5-7-18)42-29(46)14-38-28(45)13-40-35(51)52/h3-7,9-12,26,40,53H,2,8,13-17H2,1H3,(H,38,45)(H,39,48)(H,41,47)(H,42,46)(H,51,52)/t26-,36-/m0/s1. The Morgan fingerprint density at radius 2 is 1.69 bits per heavy atom. The van der Waals surface area contributed by atoms with Crippen LogP contribution in [0.5, 0.6) is 0 Å². The van der Waals surface area contributed by atoms with Crippen LogP contribution in [0.25, 0.3) is 22.3 Å². The fourth-order valence-corrected chi connectivity index (χ4v) is 6.29. The smallest absolute Gasteiger partial charge is 0.405 e. The van der Waals surface area contributed by atoms with E-state index in [9.17, 15) is 38.7 Å². The van der Waals surface area contributed by atoms with Crippen molar-refractivity contribution in [1.29, 1.82) is 0 Å². The van der Waals surface area contributed by atoms with E-state index in [2.05, 4.69) is 26.3 Å². The van der Waals surface area contributed by atoms with Gasteiger partial charge in [0.2, 0.25) is 23.6 Å². The number of hydrogen-bond acceptors (Lipinski definition) is 10. The number of amides is 5. The first-order valence-corrected chi connectivity index (χ1v) is 16.7. The summed E-state index contributed by atoms with van der Waals surface area (Å²) >= 11 is 0. The van der Waals surface area contributed by atoms with Crippen molar-refractivity contribution in [2.45, 2.75) is 44.6 Å². The second kappa shape index (κ2) is 15.1. The number of nitrogens with one attached hydrogen (secondary N) is 5. The van der Waals surface area contributed by atoms with E-state index in [1.165, 1.54) is 10.6 Å². The molecule has 280 valence electrons. The topological polar surface area (TPSA) is 247 Å². The summed E-state index contributed by atoms with van der Waals surface area (Å²) in [4.78, 5) is 91.4. The van der Waals surface area contributed by atoms with Gasteiger partial charge in [-0.15, -0.1) is 0 Å². The van der Waals surface area contributed by atoms with Crippen LogP contribution in [-0.2, 0) is 53.9 Å². The molecule has 7 N–H and O–H groups in total. The van der Waals surface area contributed by atoms with Gasteiger partial charge in [0, 0.05) is 29.0 Å². The largest absolute Gasteiger partial charge is 0.465 e. The van der Waals surface area contributed by atoms with E-state index in [1.807, 2.05) is 5.32 Å². The lowest BCUT2D eigenvalue weighted by molar-refractivity contribution is -0.172. The van der Waals surface area contributed by atoms with Gasteiger partial charge < -0.3 is 46.1 Å². The molecule has 2 atom stereocenters. The Labute approximate surface area is 304 Å². The van der Waals surface area contributed by atoms with Gasteiger partial charge in [0.05, 0.1) is 54.3 Å². The first-order chi connectivity index (χ1) is 25.8. The van der Waals surface area contributed by atoms with Crippen molar-refractivity contribution in [3.63, 3.8) is 0 Å². The number of esters is 1. The van der Waals surface area contributed by atoms with Crippen LogP contribution in [0.4, 0.5) is 14.9 Å². The molecule has 2 aliphatic rings. The Bertz CT molecular complexity index is 2280. The third-order valence-corrected chi connectivity index (χ3v) is 9.07. The molecule has 0 saturated carbocycles. The highest BCUT2D eigenvalue weighted by molar-refractivity contribution is 5.98. The lowest BCUT2D eigenvalue weighted by Crippen LogP contribution is -2.52. The summed E-state index contributed by atoms with van der Waals surface area (Å²) < 4.78 is 21.9. The van der Waals surface area contributed by atoms with Gasteiger partial charge in [-0.1, -0.05) is 37.3 Å². The predicted molar refractivity (Wildman–Crippen MR) is 187 cm³/mol. The number of carboxylic acid groups (broad SMARTS) is 1. The highest BCUT2D eigenvalue weighted by Crippen LogP contribution is 2.39. The fourth-order valence-electron chi connectivity index (χ4n) is 6.29. The molecule has 6 rings (SSSR count). The minimum Gasteiger partial charge on any atom is -0.465 e. The number of carbonyl (C=O) groups is 6. The van der Waals surface area contributed by atoms with Gasteiger partial charge in [0.1, 0.15) is 18.5 Å². The summed E-state index contributed by atoms with van der Waals surface area (Å²) in [6.07, 6.45) is -1.42. The van der Waals surface area contributed by atoms with Crippen molar-refractivity contribution >= 4 is 52.3 Å². The summed E-state index contributed by atoms with van der Waals surface area (Å²) in [5, 5.41) is 31.5. The zero-order chi connectivity index (χ0) is 38.7. The van der Waals surface area contributed by atoms with E-state index < -0.39 is 78.3 Å². The van der Waals surface area contributed by atoms with Crippen molar-refractivity contribution < 1.29 is 48.1 Å². The van der Waals surface area contributed by atoms with E-state index in [1.54, 1.807) is 49.4 Å². The van der Waals surface area contributed by atoms with Crippen LogP contribution in [-0.4, -0.2) is 81.1 Å². The molecule has 0 radical (unpaired) electrons. The fraction of sp³-hybridized carbons (Fsp3) is 0.278. The maximum absolute atomic E-state index is 15.3. The monoisotopic (exact) mass is 743 g/mol. The molecule has 0 aliphatic carbocycles. The first kappa shape index (κ1) is 37.1. The number of aromatic nitrogens is 2. The molecule has 0 unspecified atom stereocenters. The highest BCUT2D eigenvalue weighted by Gasteiger charge is 2.45. The molecule has 2 aliphatic heterocycles. The van der Waals surface area contributed by atoms with Gasteiger partial charge in [0.25, 0.3) is 5.56 Å². The molecule has 54 heavy (non-hydrogen) atoms. The molecule has 4 aromatic rings. The lowest BCUT2D eigenvalue weighted by Gasteiger charge is -2.31. The number of nitrogens with zero attached hydrogens (tertiary/aromatic N) is 2. The van der Waals surface area contributed by atoms with E-state index >= 15 is 4.39 Å². The molecule has 17 nitrogen and oxygen atoms in total. The number of ether oxygens (including phenoxy) is 1. The summed E-state index contributed by atoms with van der Waals surface area (Å²) in [5.74, 6) is -4.75. The van der Waals surface area contributed by atoms with Crippen molar-refractivity contribution in [2.75, 3.05) is 25.0 Å². The van der Waals surface area contributed by atoms with Gasteiger partial charge in [-0.2, -0.15) is 0 Å². The number of anilines is 1. The van der Waals surface area contributed by atoms with E-state index in [0.29, 0.717) is 27.9 Å². The second-order valence-corrected chi connectivity index (χ2v) is 12.6. The van der Waals surface area contributed by atoms with Gasteiger partial charge >= 0.3 is 12.1 Å². The molecule has 0 spiro atoms. The first-order valence-electron chi connectivity index (χ1n) is 16.7. The molecule has 2 aromatic carbocycles. The number of fused-ring (bicyclic) bond motifs is 5. The van der Waals surface area contributed by atoms with Crippen molar-refractivity contribution in [1.82, 2.24) is 30.8 Å². The van der Waals surface area contributed by atoms with Gasteiger partial charge in [-0.25, -0.2) is 19.0 Å². The van der Waals surface area contributed by atoms with Crippen LogP contribution in [0.1, 0.15) is 35.6 Å². The Kier molecular flexibility index (Phi) is 10.4. The summed E-state index contributed by atoms with van der Waals surface area (Å²) in [6, 6.07) is 13.2. The molecule has 0 fully saturated rings. The Balaban J connectivity index is 1.14. The van der Waals surface area contributed by atoms with E-state index in [4.69, 9.17) is 9.84 Å². The quantitative estimate of drug-likeness (QED) is 0.0862. The summed E-state index contributed by atoms with van der Waals surface area (Å²) in [5.41, 5.74) is -0.149. The second-order valence-electron chi connectivity index (χ2n) is 12.6. The molecule has 0 bridgehead atoms. The molecular weight excluding hydrogens is 709 g/mol. The van der Waals surface area contributed by atoms with Gasteiger partial charge in [0.15, 0.2) is 5.60 Å². The van der Waals surface area contributed by atoms with E-state index in [-0.39, 0.29) is 48.3 Å². The zero-order valence-corrected chi connectivity index (χ0v) is 28.7. The Morgan fingerprint density at radius 3 is 2.41 bits per heavy atom. The third kappa shape index (κ3) is 7.58. The average Bonchev–Trinajstić information content (AvgIpc) is 3.51. The van der Waals surface area contributed by atoms with Crippen molar-refractivity contribution in [2.24, 2.45) is 0 Å². The SMILES string of the molecule is CC[C@@]1(O)C(=O)OCc2c1cc1n(c2=O)Cc2cc3cc(NC(=O)CNC(=O)[C@H](Cc4ccccc4)NC(=O)CNC(=O)CNC(=O)O)c(F)cc3nc2-1. The number of hydrogen-bond donors (Lipinski definition) is 7. The molecular formula is C36H34FN7O10. The number of halogens is 1. The number of pyridine rings is 2. The van der Waals surface area contributed by atoms with Crippen LogP contribution >= 0.6 is 0 Å². The number of rotatable bonds is 12. The van der Waals surface area contributed by atoms with Crippen molar-refractivity contribution in [3.05, 3.63) is 93.0 Å². The molecule has 2 aromatic heterocycles. The van der Waals surface area contributed by atoms with Crippen LogP contribution in [0, 0.1) is 5.82 Å². The number of carbonyl (C=O) groups excluding carboxylic acids is 5. The third-order valence-electron chi connectivity index (χ3n) is 9.07. The van der Waals surface area contributed by atoms with Crippen LogP contribution in [0.2, 0.25) is 0 Å². The van der Waals surface area contributed by atoms with Gasteiger partial charge in [-0.05, 0) is 30.2 Å². The van der Waals surface area contributed by atoms with Crippen molar-refractivity contribution in [3.8, 4) is 11.4 Å². The highest BCUT2D eigenvalue weighted by atomic mass is 19.1. The minimum atomic E-state index is -2.00. The molecule has 0 saturated heterocycles. The molecule has 18 heteroatoms. The minimum absolute atomic E-state index is 0.0219. The maximum atomic E-state index is 15.3. The molecule has 5 amide bonds. The number of benzene rings is 2. The lowest BCUT2D eigenvalue weighted by atomic mass is 9.86. The molecule has 4 heterocycles. The predicted octanol–water partition coefficient (Wildman–Crippen LogP) is 0.385. The number of aliphatic hydroxyl groups is 1. The van der Waals surface area contributed by atoms with Gasteiger partial charge in [-0.3, -0.25) is 24.0 Å². The van der Waals surface area contributed by atoms with Crippen LogP contribution in [0.15, 0.2) is 59.4 Å². The summed E-state index contributed by atoms with van der Waals surface area (Å²) in [6.45, 7) is -0.314. The number of cyclic esters (lactones) is 1. The zero-order valence-electron chi connectivity index (χ0n) is 28.7. The normalized spacial score (nSPS) is 15.9. The van der Waals surface area contributed by atoms with E-state index in [0.717, 1.165) is 6.07 Å². The Morgan fingerprint density at radius 1 is 0.963 bits per heavy atom.